The molecule has 0 radical (unpaired) electrons. The van der Waals surface area contributed by atoms with E-state index in [4.69, 9.17) is 0 Å². The lowest BCUT2D eigenvalue weighted by atomic mass is 9.98. The van der Waals surface area contributed by atoms with E-state index >= 15 is 0 Å². The Hall–Kier alpha value is -1.98. The Kier molecular flexibility index (Phi) is 5.46. The molecular formula is C16H20F2N2O2. The number of nitrogens with zero attached hydrogens (tertiary/aromatic N) is 1. The van der Waals surface area contributed by atoms with E-state index in [1.54, 1.807) is 11.9 Å². The van der Waals surface area contributed by atoms with Crippen molar-refractivity contribution in [3.63, 3.8) is 0 Å². The van der Waals surface area contributed by atoms with Crippen LogP contribution in [0.4, 0.5) is 8.78 Å². The van der Waals surface area contributed by atoms with Crippen LogP contribution in [0.5, 0.6) is 0 Å². The largest absolute Gasteiger partial charge is 0.352 e. The third-order valence-electron chi connectivity index (χ3n) is 3.94. The predicted molar refractivity (Wildman–Crippen MR) is 77.8 cm³/mol. The molecule has 0 saturated carbocycles. The molecule has 2 rings (SSSR count). The number of nitrogens with one attached hydrogen (secondary N) is 1. The van der Waals surface area contributed by atoms with Gasteiger partial charge in [0.15, 0.2) is 0 Å². The average Bonchev–Trinajstić information content (AvgIpc) is 2.64. The van der Waals surface area contributed by atoms with Crippen molar-refractivity contribution in [1.82, 2.24) is 10.2 Å². The lowest BCUT2D eigenvalue weighted by Gasteiger charge is -2.19. The molecule has 4 nitrogen and oxygen atoms in total. The van der Waals surface area contributed by atoms with Gasteiger partial charge in [-0.3, -0.25) is 9.59 Å². The molecule has 2 amide bonds. The number of hydrogen-bond donors (Lipinski definition) is 1. The van der Waals surface area contributed by atoms with Gasteiger partial charge in [-0.15, -0.1) is 0 Å². The zero-order chi connectivity index (χ0) is 16.1. The Morgan fingerprint density at radius 3 is 2.91 bits per heavy atom. The number of carbonyl (C=O) groups is 2. The summed E-state index contributed by atoms with van der Waals surface area (Å²) in [6.45, 7) is 0.630. The molecule has 1 saturated heterocycles. The van der Waals surface area contributed by atoms with Crippen LogP contribution in [-0.4, -0.2) is 30.3 Å². The van der Waals surface area contributed by atoms with Crippen molar-refractivity contribution >= 4 is 11.8 Å². The highest BCUT2D eigenvalue weighted by Gasteiger charge is 2.26. The van der Waals surface area contributed by atoms with Crippen LogP contribution in [0, 0.1) is 17.6 Å². The summed E-state index contributed by atoms with van der Waals surface area (Å²) in [4.78, 5) is 25.7. The van der Waals surface area contributed by atoms with Crippen LogP contribution in [0.2, 0.25) is 0 Å². The molecule has 1 aromatic rings. The van der Waals surface area contributed by atoms with Crippen molar-refractivity contribution in [1.29, 1.82) is 0 Å². The van der Waals surface area contributed by atoms with Crippen LogP contribution >= 0.6 is 0 Å². The van der Waals surface area contributed by atoms with Crippen molar-refractivity contribution in [2.45, 2.75) is 32.2 Å². The molecule has 6 heteroatoms. The van der Waals surface area contributed by atoms with Gasteiger partial charge in [-0.05, 0) is 31.0 Å². The number of hydrogen-bond acceptors (Lipinski definition) is 2. The zero-order valence-corrected chi connectivity index (χ0v) is 12.6. The highest BCUT2D eigenvalue weighted by atomic mass is 19.1. The lowest BCUT2D eigenvalue weighted by molar-refractivity contribution is -0.136. The molecule has 1 aliphatic heterocycles. The van der Waals surface area contributed by atoms with Gasteiger partial charge in [-0.2, -0.15) is 0 Å². The van der Waals surface area contributed by atoms with Crippen LogP contribution < -0.4 is 5.32 Å². The number of carbonyl (C=O) groups excluding carboxylic acids is 2. The van der Waals surface area contributed by atoms with Gasteiger partial charge < -0.3 is 10.2 Å². The second-order valence-electron chi connectivity index (χ2n) is 5.67. The van der Waals surface area contributed by atoms with Gasteiger partial charge in [0.2, 0.25) is 11.8 Å². The van der Waals surface area contributed by atoms with Crippen LogP contribution in [0.1, 0.15) is 31.2 Å². The topological polar surface area (TPSA) is 49.4 Å². The van der Waals surface area contributed by atoms with E-state index < -0.39 is 11.6 Å². The van der Waals surface area contributed by atoms with Gasteiger partial charge in [0.1, 0.15) is 11.6 Å². The Balaban J connectivity index is 1.89. The van der Waals surface area contributed by atoms with Gasteiger partial charge >= 0.3 is 0 Å². The molecular weight excluding hydrogens is 290 g/mol. The first-order chi connectivity index (χ1) is 10.5. The van der Waals surface area contributed by atoms with E-state index in [1.165, 1.54) is 0 Å². The minimum Gasteiger partial charge on any atom is -0.352 e. The molecule has 0 spiro atoms. The second-order valence-corrected chi connectivity index (χ2v) is 5.67. The number of benzene rings is 1. The molecule has 1 aliphatic rings. The van der Waals surface area contributed by atoms with Crippen LogP contribution in [0.25, 0.3) is 0 Å². The van der Waals surface area contributed by atoms with Crippen molar-refractivity contribution < 1.29 is 18.4 Å². The first-order valence-corrected chi connectivity index (χ1v) is 7.43. The Labute approximate surface area is 128 Å². The van der Waals surface area contributed by atoms with E-state index in [-0.39, 0.29) is 36.3 Å². The molecule has 1 N–H and O–H groups in total. The Morgan fingerprint density at radius 1 is 1.36 bits per heavy atom. The minimum absolute atomic E-state index is 0.0235. The quantitative estimate of drug-likeness (QED) is 0.927. The summed E-state index contributed by atoms with van der Waals surface area (Å²) in [5.41, 5.74) is 0.0951. The SMILES string of the molecule is CN1CCCCC(CC(=O)NCc2cc(F)ccc2F)C1=O. The first-order valence-electron chi connectivity index (χ1n) is 7.43. The van der Waals surface area contributed by atoms with Gasteiger partial charge in [0.25, 0.3) is 0 Å². The van der Waals surface area contributed by atoms with Crippen LogP contribution in [0.15, 0.2) is 18.2 Å². The summed E-state index contributed by atoms with van der Waals surface area (Å²) in [5, 5.41) is 2.55. The van der Waals surface area contributed by atoms with Gasteiger partial charge in [-0.1, -0.05) is 6.42 Å². The Bertz CT molecular complexity index is 563. The summed E-state index contributed by atoms with van der Waals surface area (Å²) in [5.74, 6) is -1.79. The van der Waals surface area contributed by atoms with Gasteiger partial charge in [0.05, 0.1) is 0 Å². The highest BCUT2D eigenvalue weighted by Crippen LogP contribution is 2.20. The normalized spacial score (nSPS) is 19.0. The van der Waals surface area contributed by atoms with Gasteiger partial charge in [-0.25, -0.2) is 8.78 Å². The zero-order valence-electron chi connectivity index (χ0n) is 12.6. The summed E-state index contributed by atoms with van der Waals surface area (Å²) >= 11 is 0. The summed E-state index contributed by atoms with van der Waals surface area (Å²) < 4.78 is 26.5. The average molecular weight is 310 g/mol. The van der Waals surface area contributed by atoms with Crippen molar-refractivity contribution in [2.24, 2.45) is 5.92 Å². The van der Waals surface area contributed by atoms with Crippen LogP contribution in [0.3, 0.4) is 0 Å². The maximum atomic E-state index is 13.5. The van der Waals surface area contributed by atoms with Crippen molar-refractivity contribution in [3.05, 3.63) is 35.4 Å². The van der Waals surface area contributed by atoms with E-state index in [2.05, 4.69) is 5.32 Å². The van der Waals surface area contributed by atoms with Crippen LogP contribution in [-0.2, 0) is 16.1 Å². The third kappa shape index (κ3) is 4.26. The van der Waals surface area contributed by atoms with E-state index in [0.717, 1.165) is 31.0 Å². The number of likely N-dealkylation sites (tertiary alicyclic amines) is 1. The molecule has 1 unspecified atom stereocenters. The molecule has 1 atom stereocenters. The molecule has 0 bridgehead atoms. The maximum absolute atomic E-state index is 13.5. The molecule has 0 aromatic heterocycles. The molecule has 22 heavy (non-hydrogen) atoms. The van der Waals surface area contributed by atoms with E-state index in [1.807, 2.05) is 0 Å². The molecule has 1 heterocycles. The molecule has 120 valence electrons. The highest BCUT2D eigenvalue weighted by molar-refractivity contribution is 5.85. The first kappa shape index (κ1) is 16.4. The summed E-state index contributed by atoms with van der Waals surface area (Å²) in [6, 6.07) is 3.11. The Morgan fingerprint density at radius 2 is 2.14 bits per heavy atom. The van der Waals surface area contributed by atoms with E-state index in [9.17, 15) is 18.4 Å². The second kappa shape index (κ2) is 7.33. The number of rotatable bonds is 4. The fraction of sp³-hybridized carbons (Fsp3) is 0.500. The third-order valence-corrected chi connectivity index (χ3v) is 3.94. The smallest absolute Gasteiger partial charge is 0.225 e. The predicted octanol–water partition coefficient (Wildman–Crippen LogP) is 2.23. The maximum Gasteiger partial charge on any atom is 0.225 e. The monoisotopic (exact) mass is 310 g/mol. The van der Waals surface area contributed by atoms with Crippen molar-refractivity contribution in [3.8, 4) is 0 Å². The molecule has 0 aliphatic carbocycles. The summed E-state index contributed by atoms with van der Waals surface area (Å²) in [6.07, 6.45) is 2.62. The van der Waals surface area contributed by atoms with E-state index in [0.29, 0.717) is 13.0 Å². The fourth-order valence-electron chi connectivity index (χ4n) is 2.64. The fourth-order valence-corrected chi connectivity index (χ4v) is 2.64. The summed E-state index contributed by atoms with van der Waals surface area (Å²) in [7, 11) is 1.74. The lowest BCUT2D eigenvalue weighted by Crippen LogP contribution is -2.35. The van der Waals surface area contributed by atoms with Gasteiger partial charge in [0, 0.05) is 38.0 Å². The standard InChI is InChI=1S/C16H20F2N2O2/c1-20-7-3-2-4-11(16(20)22)9-15(21)19-10-12-8-13(17)5-6-14(12)18/h5-6,8,11H,2-4,7,9-10H2,1H3,(H,19,21). The number of amides is 2. The van der Waals surface area contributed by atoms with Crippen molar-refractivity contribution in [2.75, 3.05) is 13.6 Å². The molecule has 1 aromatic carbocycles. The number of halogens is 2. The minimum atomic E-state index is -0.563. The molecule has 1 fully saturated rings.